The highest BCUT2D eigenvalue weighted by Gasteiger charge is 2.16. The van der Waals surface area contributed by atoms with E-state index in [1.165, 1.54) is 0 Å². The van der Waals surface area contributed by atoms with Crippen molar-refractivity contribution in [3.8, 4) is 11.5 Å². The van der Waals surface area contributed by atoms with Gasteiger partial charge in [-0.15, -0.1) is 0 Å². The normalized spacial score (nSPS) is 10.8. The van der Waals surface area contributed by atoms with Crippen molar-refractivity contribution in [1.29, 1.82) is 0 Å². The van der Waals surface area contributed by atoms with Crippen LogP contribution in [0, 0.1) is 0 Å². The lowest BCUT2D eigenvalue weighted by atomic mass is 10.1. The maximum Gasteiger partial charge on any atom is 0.257 e. The second-order valence-corrected chi connectivity index (χ2v) is 6.28. The third-order valence-electron chi connectivity index (χ3n) is 3.70. The van der Waals surface area contributed by atoms with Crippen LogP contribution in [0.15, 0.2) is 75.9 Å². The zero-order valence-electron chi connectivity index (χ0n) is 12.9. The van der Waals surface area contributed by atoms with Crippen LogP contribution in [-0.2, 0) is 0 Å². The van der Waals surface area contributed by atoms with Crippen LogP contribution in [0.1, 0.15) is 10.4 Å². The summed E-state index contributed by atoms with van der Waals surface area (Å²) in [4.78, 5) is 21.6. The molecule has 3 aromatic heterocycles. The lowest BCUT2D eigenvalue weighted by Gasteiger charge is -2.09. The number of nitrogens with zero attached hydrogens (tertiary/aromatic N) is 2. The predicted octanol–water partition coefficient (Wildman–Crippen LogP) is 4.90. The first-order valence-corrected chi connectivity index (χ1v) is 8.36. The van der Waals surface area contributed by atoms with Crippen LogP contribution < -0.4 is 5.32 Å². The summed E-state index contributed by atoms with van der Waals surface area (Å²) in [6, 6.07) is 16.3. The maximum atomic E-state index is 12.8. The van der Waals surface area contributed by atoms with E-state index < -0.39 is 0 Å². The minimum absolute atomic E-state index is 0.253. The number of rotatable bonds is 3. The second kappa shape index (κ2) is 6.49. The molecule has 4 rings (SSSR count). The number of aromatic nitrogens is 2. The topological polar surface area (TPSA) is 68.0 Å². The molecule has 3 heterocycles. The molecule has 25 heavy (non-hydrogen) atoms. The third kappa shape index (κ3) is 3.16. The fraction of sp³-hybridized carbons (Fsp3) is 0. The molecule has 0 atom stereocenters. The highest BCUT2D eigenvalue weighted by Crippen LogP contribution is 2.28. The van der Waals surface area contributed by atoms with Gasteiger partial charge in [0, 0.05) is 16.1 Å². The molecule has 0 fully saturated rings. The number of carbonyl (C=O) groups excluding carboxylic acids is 1. The molecule has 5 nitrogen and oxygen atoms in total. The molecule has 0 saturated heterocycles. The Morgan fingerprint density at radius 1 is 1.08 bits per heavy atom. The molecule has 0 aliphatic carbocycles. The van der Waals surface area contributed by atoms with Crippen LogP contribution in [0.25, 0.3) is 22.4 Å². The number of halogens is 1. The number of benzene rings is 1. The standard InChI is InChI=1S/C19H12BrN3O2/c20-12-6-7-15-13(10-12)14(11-16(22-15)17-4-3-9-25-17)19(24)23-18-5-1-2-8-21-18/h1-11H,(H,21,23,24). The summed E-state index contributed by atoms with van der Waals surface area (Å²) in [5.74, 6) is 0.848. The van der Waals surface area contributed by atoms with E-state index in [4.69, 9.17) is 4.42 Å². The fourth-order valence-corrected chi connectivity index (χ4v) is 2.92. The molecular formula is C19H12BrN3O2. The van der Waals surface area contributed by atoms with Gasteiger partial charge in [-0.25, -0.2) is 9.97 Å². The van der Waals surface area contributed by atoms with Gasteiger partial charge in [-0.05, 0) is 48.5 Å². The van der Waals surface area contributed by atoms with Gasteiger partial charge >= 0.3 is 0 Å². The molecule has 122 valence electrons. The molecule has 0 aliphatic heterocycles. The fourth-order valence-electron chi connectivity index (χ4n) is 2.56. The number of nitrogens with one attached hydrogen (secondary N) is 1. The number of hydrogen-bond acceptors (Lipinski definition) is 4. The summed E-state index contributed by atoms with van der Waals surface area (Å²) in [5, 5.41) is 3.57. The summed E-state index contributed by atoms with van der Waals surface area (Å²) < 4.78 is 6.30. The largest absolute Gasteiger partial charge is 0.463 e. The molecule has 0 radical (unpaired) electrons. The summed E-state index contributed by atoms with van der Waals surface area (Å²) in [6.07, 6.45) is 3.21. The highest BCUT2D eigenvalue weighted by atomic mass is 79.9. The lowest BCUT2D eigenvalue weighted by Crippen LogP contribution is -2.14. The van der Waals surface area contributed by atoms with Crippen molar-refractivity contribution in [3.63, 3.8) is 0 Å². The van der Waals surface area contributed by atoms with Crippen LogP contribution in [0.3, 0.4) is 0 Å². The van der Waals surface area contributed by atoms with Crippen LogP contribution >= 0.6 is 15.9 Å². The second-order valence-electron chi connectivity index (χ2n) is 5.36. The Bertz CT molecular complexity index is 1050. The summed E-state index contributed by atoms with van der Waals surface area (Å²) in [7, 11) is 0. The van der Waals surface area contributed by atoms with Crippen molar-refractivity contribution in [1.82, 2.24) is 9.97 Å². The predicted molar refractivity (Wildman–Crippen MR) is 99.3 cm³/mol. The zero-order chi connectivity index (χ0) is 17.2. The average molecular weight is 394 g/mol. The van der Waals surface area contributed by atoms with Crippen molar-refractivity contribution in [2.45, 2.75) is 0 Å². The number of fused-ring (bicyclic) bond motifs is 1. The molecule has 0 spiro atoms. The summed E-state index contributed by atoms with van der Waals surface area (Å²) in [5.41, 5.74) is 1.82. The van der Waals surface area contributed by atoms with E-state index in [-0.39, 0.29) is 5.91 Å². The third-order valence-corrected chi connectivity index (χ3v) is 4.19. The molecule has 0 unspecified atom stereocenters. The number of pyridine rings is 2. The first-order chi connectivity index (χ1) is 12.2. The van der Waals surface area contributed by atoms with Gasteiger partial charge in [0.05, 0.1) is 17.3 Å². The van der Waals surface area contributed by atoms with Crippen molar-refractivity contribution >= 4 is 38.6 Å². The van der Waals surface area contributed by atoms with Crippen molar-refractivity contribution in [3.05, 3.63) is 77.1 Å². The molecule has 4 aromatic rings. The Hall–Kier alpha value is -2.99. The van der Waals surface area contributed by atoms with Crippen molar-refractivity contribution < 1.29 is 9.21 Å². The average Bonchev–Trinajstić information content (AvgIpc) is 3.16. The zero-order valence-corrected chi connectivity index (χ0v) is 14.5. The van der Waals surface area contributed by atoms with Crippen LogP contribution in [0.5, 0.6) is 0 Å². The van der Waals surface area contributed by atoms with E-state index in [1.807, 2.05) is 30.3 Å². The summed E-state index contributed by atoms with van der Waals surface area (Å²) in [6.45, 7) is 0. The smallest absolute Gasteiger partial charge is 0.257 e. The minimum atomic E-state index is -0.253. The Balaban J connectivity index is 1.85. The molecule has 1 aromatic carbocycles. The molecule has 1 N–H and O–H groups in total. The van der Waals surface area contributed by atoms with Gasteiger partial charge in [0.1, 0.15) is 11.5 Å². The molecule has 6 heteroatoms. The highest BCUT2D eigenvalue weighted by molar-refractivity contribution is 9.10. The van der Waals surface area contributed by atoms with E-state index in [9.17, 15) is 4.79 Å². The number of anilines is 1. The van der Waals surface area contributed by atoms with Crippen LogP contribution in [-0.4, -0.2) is 15.9 Å². The van der Waals surface area contributed by atoms with Gasteiger partial charge in [0.2, 0.25) is 0 Å². The first kappa shape index (κ1) is 15.5. The van der Waals surface area contributed by atoms with Gasteiger partial charge in [-0.3, -0.25) is 4.79 Å². The van der Waals surface area contributed by atoms with Crippen LogP contribution in [0.4, 0.5) is 5.82 Å². The van der Waals surface area contributed by atoms with Crippen molar-refractivity contribution in [2.24, 2.45) is 0 Å². The molecule has 0 saturated carbocycles. The molecule has 0 bridgehead atoms. The number of carbonyl (C=O) groups is 1. The van der Waals surface area contributed by atoms with Gasteiger partial charge < -0.3 is 9.73 Å². The lowest BCUT2D eigenvalue weighted by molar-refractivity contribution is 0.102. The Morgan fingerprint density at radius 2 is 2.00 bits per heavy atom. The Kier molecular flexibility index (Phi) is 4.03. The van der Waals surface area contributed by atoms with E-state index >= 15 is 0 Å². The quantitative estimate of drug-likeness (QED) is 0.537. The van der Waals surface area contributed by atoms with Crippen LogP contribution in [0.2, 0.25) is 0 Å². The Labute approximate surface area is 151 Å². The maximum absolute atomic E-state index is 12.8. The molecule has 0 aliphatic rings. The monoisotopic (exact) mass is 393 g/mol. The SMILES string of the molecule is O=C(Nc1ccccn1)c1cc(-c2ccco2)nc2ccc(Br)cc12. The van der Waals surface area contributed by atoms with E-state index in [1.54, 1.807) is 36.7 Å². The van der Waals surface area contributed by atoms with E-state index in [2.05, 4.69) is 31.2 Å². The van der Waals surface area contributed by atoms with E-state index in [0.29, 0.717) is 28.4 Å². The number of hydrogen-bond donors (Lipinski definition) is 1. The summed E-state index contributed by atoms with van der Waals surface area (Å²) >= 11 is 3.45. The van der Waals surface area contributed by atoms with Gasteiger partial charge in [-0.2, -0.15) is 0 Å². The van der Waals surface area contributed by atoms with E-state index in [0.717, 1.165) is 9.86 Å². The molecule has 1 amide bonds. The number of furan rings is 1. The first-order valence-electron chi connectivity index (χ1n) is 7.57. The van der Waals surface area contributed by atoms with Gasteiger partial charge in [-0.1, -0.05) is 22.0 Å². The van der Waals surface area contributed by atoms with Gasteiger partial charge in [0.25, 0.3) is 5.91 Å². The minimum Gasteiger partial charge on any atom is -0.463 e. The molecular weight excluding hydrogens is 382 g/mol. The Morgan fingerprint density at radius 3 is 2.76 bits per heavy atom. The van der Waals surface area contributed by atoms with Gasteiger partial charge in [0.15, 0.2) is 5.76 Å². The van der Waals surface area contributed by atoms with Crippen molar-refractivity contribution in [2.75, 3.05) is 5.32 Å². The number of amides is 1.